The zero-order valence-corrected chi connectivity index (χ0v) is 12.1. The molecule has 0 bridgehead atoms. The molecular formula is C14H15FN4OS. The maximum absolute atomic E-state index is 12.7. The lowest BCUT2D eigenvalue weighted by molar-refractivity contribution is 0.0995. The molecule has 2 aromatic rings. The Hall–Kier alpha value is -2.15. The van der Waals surface area contributed by atoms with Gasteiger partial charge in [-0.25, -0.2) is 9.37 Å². The number of nitrogens with one attached hydrogen (secondary N) is 1. The second-order valence-electron chi connectivity index (χ2n) is 4.24. The molecule has 1 aromatic carbocycles. The largest absolute Gasteiger partial charge is 0.369 e. The van der Waals surface area contributed by atoms with Gasteiger partial charge in [0.1, 0.15) is 17.3 Å². The Kier molecular flexibility index (Phi) is 5.51. The van der Waals surface area contributed by atoms with E-state index < -0.39 is 5.91 Å². The number of carbonyl (C=O) groups excluding carboxylic acids is 1. The van der Waals surface area contributed by atoms with Crippen LogP contribution in [-0.4, -0.2) is 28.2 Å². The van der Waals surface area contributed by atoms with E-state index in [1.54, 1.807) is 30.1 Å². The van der Waals surface area contributed by atoms with E-state index in [0.29, 0.717) is 12.4 Å². The van der Waals surface area contributed by atoms with Crippen LogP contribution in [0.15, 0.2) is 41.6 Å². The minimum absolute atomic E-state index is 0.140. The van der Waals surface area contributed by atoms with Crippen LogP contribution in [0.4, 0.5) is 10.2 Å². The molecule has 0 aliphatic carbocycles. The highest BCUT2D eigenvalue weighted by molar-refractivity contribution is 7.99. The first-order valence-electron chi connectivity index (χ1n) is 6.39. The zero-order chi connectivity index (χ0) is 15.1. The number of halogens is 1. The Labute approximate surface area is 126 Å². The zero-order valence-electron chi connectivity index (χ0n) is 11.3. The van der Waals surface area contributed by atoms with Crippen molar-refractivity contribution in [3.05, 3.63) is 48.2 Å². The summed E-state index contributed by atoms with van der Waals surface area (Å²) < 4.78 is 12.7. The van der Waals surface area contributed by atoms with Gasteiger partial charge in [0.15, 0.2) is 0 Å². The molecule has 110 valence electrons. The van der Waals surface area contributed by atoms with Crippen LogP contribution in [0.25, 0.3) is 0 Å². The maximum atomic E-state index is 12.7. The Bertz CT molecular complexity index is 606. The van der Waals surface area contributed by atoms with Crippen molar-refractivity contribution in [3.63, 3.8) is 0 Å². The van der Waals surface area contributed by atoms with E-state index in [-0.39, 0.29) is 11.5 Å². The van der Waals surface area contributed by atoms with Crippen LogP contribution in [0.2, 0.25) is 0 Å². The van der Waals surface area contributed by atoms with Crippen molar-refractivity contribution >= 4 is 23.5 Å². The van der Waals surface area contributed by atoms with Crippen LogP contribution in [0, 0.1) is 5.82 Å². The molecule has 3 N–H and O–H groups in total. The molecule has 1 aromatic heterocycles. The summed E-state index contributed by atoms with van der Waals surface area (Å²) in [6, 6.07) is 6.42. The molecule has 21 heavy (non-hydrogen) atoms. The Balaban J connectivity index is 1.71. The summed E-state index contributed by atoms with van der Waals surface area (Å²) in [5.74, 6) is 0.590. The van der Waals surface area contributed by atoms with Gasteiger partial charge in [0, 0.05) is 11.4 Å². The fourth-order valence-electron chi connectivity index (χ4n) is 1.58. The highest BCUT2D eigenvalue weighted by Crippen LogP contribution is 2.18. The quantitative estimate of drug-likeness (QED) is 0.606. The van der Waals surface area contributed by atoms with Gasteiger partial charge in [-0.05, 0) is 36.4 Å². The van der Waals surface area contributed by atoms with E-state index in [0.717, 1.165) is 17.1 Å². The first kappa shape index (κ1) is 15.2. The van der Waals surface area contributed by atoms with Crippen molar-refractivity contribution in [1.29, 1.82) is 0 Å². The molecule has 0 fully saturated rings. The second-order valence-corrected chi connectivity index (χ2v) is 5.40. The summed E-state index contributed by atoms with van der Waals surface area (Å²) in [6.07, 6.45) is 3.77. The Morgan fingerprint density at radius 2 is 2.05 bits per heavy atom. The number of anilines is 1. The van der Waals surface area contributed by atoms with E-state index >= 15 is 0 Å². The molecular weight excluding hydrogens is 291 g/mol. The standard InChI is InChI=1S/C14H15FN4OS/c15-10-2-4-11(5-3-10)21-7-1-6-18-13-9-17-8-12(19-13)14(16)20/h2-5,8-9H,1,6-7H2,(H2,16,20)(H,18,19). The number of carbonyl (C=O) groups is 1. The number of rotatable bonds is 7. The van der Waals surface area contributed by atoms with Crippen LogP contribution < -0.4 is 11.1 Å². The normalized spacial score (nSPS) is 10.3. The summed E-state index contributed by atoms with van der Waals surface area (Å²) in [5.41, 5.74) is 5.27. The second kappa shape index (κ2) is 7.58. The molecule has 2 rings (SSSR count). The summed E-state index contributed by atoms with van der Waals surface area (Å²) in [5, 5.41) is 3.08. The van der Waals surface area contributed by atoms with Gasteiger partial charge < -0.3 is 11.1 Å². The highest BCUT2D eigenvalue weighted by Gasteiger charge is 2.03. The third-order valence-electron chi connectivity index (χ3n) is 2.60. The maximum Gasteiger partial charge on any atom is 0.268 e. The fraction of sp³-hybridized carbons (Fsp3) is 0.214. The Morgan fingerprint density at radius 1 is 1.29 bits per heavy atom. The average Bonchev–Trinajstić information content (AvgIpc) is 2.49. The number of benzene rings is 1. The molecule has 0 radical (unpaired) electrons. The van der Waals surface area contributed by atoms with Crippen LogP contribution in [0.3, 0.4) is 0 Å². The minimum atomic E-state index is -0.599. The average molecular weight is 306 g/mol. The Morgan fingerprint density at radius 3 is 2.76 bits per heavy atom. The third-order valence-corrected chi connectivity index (χ3v) is 3.69. The predicted octanol–water partition coefficient (Wildman–Crippen LogP) is 2.31. The van der Waals surface area contributed by atoms with Crippen LogP contribution >= 0.6 is 11.8 Å². The fourth-order valence-corrected chi connectivity index (χ4v) is 2.43. The van der Waals surface area contributed by atoms with Crippen molar-refractivity contribution in [2.45, 2.75) is 11.3 Å². The van der Waals surface area contributed by atoms with Gasteiger partial charge in [-0.1, -0.05) is 0 Å². The van der Waals surface area contributed by atoms with Gasteiger partial charge >= 0.3 is 0 Å². The van der Waals surface area contributed by atoms with Crippen LogP contribution in [-0.2, 0) is 0 Å². The molecule has 0 atom stereocenters. The van der Waals surface area contributed by atoms with Gasteiger partial charge in [-0.15, -0.1) is 11.8 Å². The van der Waals surface area contributed by atoms with Gasteiger partial charge in [0.2, 0.25) is 0 Å². The molecule has 0 aliphatic heterocycles. The lowest BCUT2D eigenvalue weighted by Crippen LogP contribution is -2.15. The van der Waals surface area contributed by atoms with Crippen LogP contribution in [0.1, 0.15) is 16.9 Å². The number of hydrogen-bond donors (Lipinski definition) is 2. The van der Waals surface area contributed by atoms with Gasteiger partial charge in [-0.2, -0.15) is 0 Å². The van der Waals surface area contributed by atoms with Gasteiger partial charge in [0.05, 0.1) is 12.4 Å². The van der Waals surface area contributed by atoms with Crippen LogP contribution in [0.5, 0.6) is 0 Å². The summed E-state index contributed by atoms with van der Waals surface area (Å²) in [7, 11) is 0. The van der Waals surface area contributed by atoms with Crippen molar-refractivity contribution in [2.24, 2.45) is 5.73 Å². The molecule has 1 amide bonds. The molecule has 0 unspecified atom stereocenters. The molecule has 1 heterocycles. The minimum Gasteiger partial charge on any atom is -0.369 e. The number of nitrogens with two attached hydrogens (primary N) is 1. The van der Waals surface area contributed by atoms with Crippen molar-refractivity contribution in [3.8, 4) is 0 Å². The van der Waals surface area contributed by atoms with Crippen molar-refractivity contribution in [2.75, 3.05) is 17.6 Å². The number of aromatic nitrogens is 2. The smallest absolute Gasteiger partial charge is 0.268 e. The highest BCUT2D eigenvalue weighted by atomic mass is 32.2. The summed E-state index contributed by atoms with van der Waals surface area (Å²) in [4.78, 5) is 19.9. The van der Waals surface area contributed by atoms with Gasteiger partial charge in [0.25, 0.3) is 5.91 Å². The number of amides is 1. The van der Waals surface area contributed by atoms with E-state index in [9.17, 15) is 9.18 Å². The lowest BCUT2D eigenvalue weighted by atomic mass is 10.4. The van der Waals surface area contributed by atoms with Crippen molar-refractivity contribution in [1.82, 2.24) is 9.97 Å². The molecule has 0 aliphatic rings. The number of thioether (sulfide) groups is 1. The SMILES string of the molecule is NC(=O)c1cncc(NCCCSc2ccc(F)cc2)n1. The molecule has 0 spiro atoms. The number of nitrogens with zero attached hydrogens (tertiary/aromatic N) is 2. The molecule has 0 saturated heterocycles. The lowest BCUT2D eigenvalue weighted by Gasteiger charge is -2.06. The van der Waals surface area contributed by atoms with E-state index in [4.69, 9.17) is 5.73 Å². The molecule has 0 saturated carbocycles. The third kappa shape index (κ3) is 5.03. The first-order valence-corrected chi connectivity index (χ1v) is 7.38. The van der Waals surface area contributed by atoms with E-state index in [1.807, 2.05) is 0 Å². The number of hydrogen-bond acceptors (Lipinski definition) is 5. The topological polar surface area (TPSA) is 80.9 Å². The summed E-state index contributed by atoms with van der Waals surface area (Å²) >= 11 is 1.66. The van der Waals surface area contributed by atoms with Gasteiger partial charge in [-0.3, -0.25) is 9.78 Å². The summed E-state index contributed by atoms with van der Waals surface area (Å²) in [6.45, 7) is 0.699. The van der Waals surface area contributed by atoms with E-state index in [2.05, 4.69) is 15.3 Å². The van der Waals surface area contributed by atoms with E-state index in [1.165, 1.54) is 18.3 Å². The monoisotopic (exact) mass is 306 g/mol. The van der Waals surface area contributed by atoms with Crippen molar-refractivity contribution < 1.29 is 9.18 Å². The molecule has 7 heteroatoms. The molecule has 5 nitrogen and oxygen atoms in total. The number of primary amides is 1. The predicted molar refractivity (Wildman–Crippen MR) is 80.8 cm³/mol. The first-order chi connectivity index (χ1) is 10.1.